The van der Waals surface area contributed by atoms with Crippen molar-refractivity contribution in [2.45, 2.75) is 0 Å². The molecule has 0 fully saturated rings. The molecule has 3 nitrogen and oxygen atoms in total. The van der Waals surface area contributed by atoms with Crippen LogP contribution in [0, 0.1) is 0 Å². The van der Waals surface area contributed by atoms with E-state index >= 15 is 0 Å². The molecule has 0 unspecified atom stereocenters. The highest BCUT2D eigenvalue weighted by Gasteiger charge is 2.15. The number of aromatic nitrogens is 1. The van der Waals surface area contributed by atoms with Crippen LogP contribution < -0.4 is 5.06 Å². The molecular weight excluding hydrogens is 344 g/mol. The lowest BCUT2D eigenvalue weighted by Gasteiger charge is -2.20. The minimum atomic E-state index is 0.430. The van der Waals surface area contributed by atoms with Crippen LogP contribution in [0.25, 0.3) is 33.1 Å². The fraction of sp³-hybridized carbons (Fsp3) is 0.0400. The number of allylic oxidation sites excluding steroid dienone is 4. The molecule has 1 aromatic heterocycles. The molecule has 3 heteroatoms. The summed E-state index contributed by atoms with van der Waals surface area (Å²) in [6.07, 6.45) is 7.77. The van der Waals surface area contributed by atoms with Gasteiger partial charge in [-0.05, 0) is 35.9 Å². The summed E-state index contributed by atoms with van der Waals surface area (Å²) in [5.41, 5.74) is 5.91. The third kappa shape index (κ3) is 2.56. The summed E-state index contributed by atoms with van der Waals surface area (Å²) in [6, 6.07) is 23.0. The van der Waals surface area contributed by atoms with Crippen molar-refractivity contribution in [1.82, 2.24) is 4.57 Å². The highest BCUT2D eigenvalue weighted by molar-refractivity contribution is 6.09. The topological polar surface area (TPSA) is 28.4 Å². The first-order chi connectivity index (χ1) is 13.7. The van der Waals surface area contributed by atoms with Crippen LogP contribution in [0.2, 0.25) is 0 Å². The molecule has 2 heterocycles. The van der Waals surface area contributed by atoms with Crippen molar-refractivity contribution in [1.29, 1.82) is 0 Å². The van der Waals surface area contributed by atoms with Gasteiger partial charge < -0.3 is 4.57 Å². The molecule has 0 amide bonds. The summed E-state index contributed by atoms with van der Waals surface area (Å²) in [5, 5.41) is 14.2. The van der Waals surface area contributed by atoms with Crippen LogP contribution in [-0.2, 0) is 0 Å². The van der Waals surface area contributed by atoms with Crippen molar-refractivity contribution in [3.05, 3.63) is 103 Å². The van der Waals surface area contributed by atoms with Crippen LogP contribution in [0.15, 0.2) is 97.6 Å². The zero-order chi connectivity index (χ0) is 19.1. The molecule has 0 aliphatic carbocycles. The SMILES string of the molecule is C=C1/C=C\C=C/CN(O)c2ccc(-n3c4ccccc4c4ccccc43)cc21. The van der Waals surface area contributed by atoms with E-state index in [1.165, 1.54) is 15.8 Å². The lowest BCUT2D eigenvalue weighted by Crippen LogP contribution is -2.19. The van der Waals surface area contributed by atoms with Crippen molar-refractivity contribution in [2.75, 3.05) is 11.6 Å². The molecule has 0 spiro atoms. The van der Waals surface area contributed by atoms with Crippen LogP contribution in [0.1, 0.15) is 5.56 Å². The van der Waals surface area contributed by atoms with Gasteiger partial charge in [0, 0.05) is 22.0 Å². The van der Waals surface area contributed by atoms with Crippen LogP contribution in [-0.4, -0.2) is 16.3 Å². The van der Waals surface area contributed by atoms with Crippen LogP contribution in [0.5, 0.6) is 0 Å². The molecule has 0 saturated heterocycles. The van der Waals surface area contributed by atoms with E-state index in [9.17, 15) is 5.21 Å². The molecule has 1 aliphatic rings. The lowest BCUT2D eigenvalue weighted by molar-refractivity contribution is 0.266. The van der Waals surface area contributed by atoms with Crippen LogP contribution >= 0.6 is 0 Å². The Hall–Kier alpha value is -3.56. The maximum Gasteiger partial charge on any atom is 0.0717 e. The van der Waals surface area contributed by atoms with Gasteiger partial charge in [0.2, 0.25) is 0 Å². The Balaban J connectivity index is 1.79. The Morgan fingerprint density at radius 2 is 1.50 bits per heavy atom. The van der Waals surface area contributed by atoms with E-state index in [1.807, 2.05) is 30.4 Å². The normalized spacial score (nSPS) is 16.5. The lowest BCUT2D eigenvalue weighted by atomic mass is 10.0. The minimum absolute atomic E-state index is 0.430. The predicted molar refractivity (Wildman–Crippen MR) is 117 cm³/mol. The van der Waals surface area contributed by atoms with E-state index < -0.39 is 0 Å². The average molecular weight is 364 g/mol. The first kappa shape index (κ1) is 16.6. The van der Waals surface area contributed by atoms with Gasteiger partial charge in [0.1, 0.15) is 0 Å². The van der Waals surface area contributed by atoms with Gasteiger partial charge in [0.15, 0.2) is 0 Å². The fourth-order valence-electron chi connectivity index (χ4n) is 3.95. The maximum atomic E-state index is 10.5. The van der Waals surface area contributed by atoms with E-state index in [0.717, 1.165) is 33.5 Å². The van der Waals surface area contributed by atoms with Crippen molar-refractivity contribution in [3.8, 4) is 5.69 Å². The molecule has 4 aromatic rings. The number of hydroxylamine groups is 1. The Labute approximate surface area is 163 Å². The van der Waals surface area contributed by atoms with Gasteiger partial charge in [-0.3, -0.25) is 10.3 Å². The first-order valence-corrected chi connectivity index (χ1v) is 9.35. The second-order valence-corrected chi connectivity index (χ2v) is 6.97. The predicted octanol–water partition coefficient (Wildman–Crippen LogP) is 6.12. The molecule has 0 saturated carbocycles. The summed E-state index contributed by atoms with van der Waals surface area (Å²) in [7, 11) is 0. The summed E-state index contributed by atoms with van der Waals surface area (Å²) in [6.45, 7) is 4.64. The molecule has 5 rings (SSSR count). The average Bonchev–Trinajstić information content (AvgIpc) is 3.09. The Morgan fingerprint density at radius 3 is 2.21 bits per heavy atom. The van der Waals surface area contributed by atoms with E-state index in [1.54, 1.807) is 0 Å². The Bertz CT molecular complexity index is 1220. The molecule has 3 aromatic carbocycles. The van der Waals surface area contributed by atoms with Crippen molar-refractivity contribution < 1.29 is 5.21 Å². The van der Waals surface area contributed by atoms with E-state index in [4.69, 9.17) is 0 Å². The Morgan fingerprint density at radius 1 is 0.821 bits per heavy atom. The van der Waals surface area contributed by atoms with Gasteiger partial charge in [-0.2, -0.15) is 0 Å². The summed E-state index contributed by atoms with van der Waals surface area (Å²) < 4.78 is 2.27. The largest absolute Gasteiger partial charge is 0.309 e. The van der Waals surface area contributed by atoms with Gasteiger partial charge in [-0.15, -0.1) is 0 Å². The standard InChI is InChI=1S/C25H20N2O/c1-18-9-3-2-8-16-26(28)23-15-14-19(17-22(18)23)27-24-12-6-4-10-20(24)21-11-5-7-13-25(21)27/h2-15,17,28H,1,16H2/b8-2-,9-3-. The number of hydrogen-bond donors (Lipinski definition) is 1. The minimum Gasteiger partial charge on any atom is -0.309 e. The van der Waals surface area contributed by atoms with Crippen molar-refractivity contribution in [3.63, 3.8) is 0 Å². The van der Waals surface area contributed by atoms with Gasteiger partial charge in [-0.25, -0.2) is 0 Å². The van der Waals surface area contributed by atoms with Crippen LogP contribution in [0.3, 0.4) is 0 Å². The van der Waals surface area contributed by atoms with E-state index in [-0.39, 0.29) is 0 Å². The number of anilines is 1. The van der Waals surface area contributed by atoms with E-state index in [2.05, 4.69) is 71.8 Å². The molecule has 136 valence electrons. The monoisotopic (exact) mass is 364 g/mol. The third-order valence-corrected chi connectivity index (χ3v) is 5.27. The summed E-state index contributed by atoms with van der Waals surface area (Å²) in [4.78, 5) is 0. The fourth-order valence-corrected chi connectivity index (χ4v) is 3.95. The smallest absolute Gasteiger partial charge is 0.0717 e. The maximum absolute atomic E-state index is 10.5. The molecule has 0 radical (unpaired) electrons. The molecule has 1 aliphatic heterocycles. The summed E-state index contributed by atoms with van der Waals surface area (Å²) in [5.74, 6) is 0. The molecule has 0 atom stereocenters. The molecule has 28 heavy (non-hydrogen) atoms. The highest BCUT2D eigenvalue weighted by atomic mass is 16.5. The number of nitrogens with zero attached hydrogens (tertiary/aromatic N) is 2. The number of benzene rings is 3. The van der Waals surface area contributed by atoms with Gasteiger partial charge in [0.05, 0.1) is 23.3 Å². The van der Waals surface area contributed by atoms with E-state index in [0.29, 0.717) is 6.54 Å². The number of para-hydroxylation sites is 2. The quantitative estimate of drug-likeness (QED) is 0.441. The number of hydrogen-bond acceptors (Lipinski definition) is 2. The van der Waals surface area contributed by atoms with Gasteiger partial charge in [-0.1, -0.05) is 67.3 Å². The van der Waals surface area contributed by atoms with Crippen LogP contribution in [0.4, 0.5) is 5.69 Å². The summed E-state index contributed by atoms with van der Waals surface area (Å²) >= 11 is 0. The highest BCUT2D eigenvalue weighted by Crippen LogP contribution is 2.35. The van der Waals surface area contributed by atoms with Crippen molar-refractivity contribution in [2.24, 2.45) is 0 Å². The molecule has 1 N–H and O–H groups in total. The number of rotatable bonds is 1. The first-order valence-electron chi connectivity index (χ1n) is 9.35. The van der Waals surface area contributed by atoms with Gasteiger partial charge in [0.25, 0.3) is 0 Å². The molecule has 0 bridgehead atoms. The second-order valence-electron chi connectivity index (χ2n) is 6.97. The zero-order valence-electron chi connectivity index (χ0n) is 15.4. The van der Waals surface area contributed by atoms with Crippen molar-refractivity contribution >= 4 is 33.1 Å². The van der Waals surface area contributed by atoms with Gasteiger partial charge >= 0.3 is 0 Å². The number of fused-ring (bicyclic) bond motifs is 4. The zero-order valence-corrected chi connectivity index (χ0v) is 15.4. The molecular formula is C25H20N2O. The second kappa shape index (κ2) is 6.55. The third-order valence-electron chi connectivity index (χ3n) is 5.27. The Kier molecular flexibility index (Phi) is 3.89.